The number of para-hydroxylation sites is 2. The van der Waals surface area contributed by atoms with E-state index >= 15 is 0 Å². The van der Waals surface area contributed by atoms with Gasteiger partial charge in [-0.3, -0.25) is 9.79 Å². The van der Waals surface area contributed by atoms with Crippen LogP contribution in [0.3, 0.4) is 0 Å². The average Bonchev–Trinajstić information content (AvgIpc) is 2.76. The van der Waals surface area contributed by atoms with Crippen LogP contribution in [-0.4, -0.2) is 44.7 Å². The summed E-state index contributed by atoms with van der Waals surface area (Å²) < 4.78 is 5.49. The second-order valence-electron chi connectivity index (χ2n) is 7.29. The molecule has 154 valence electrons. The van der Waals surface area contributed by atoms with E-state index in [2.05, 4.69) is 53.7 Å². The molecule has 1 heterocycles. The summed E-state index contributed by atoms with van der Waals surface area (Å²) in [6.07, 6.45) is 0.809. The van der Waals surface area contributed by atoms with Crippen molar-refractivity contribution in [3.8, 4) is 5.75 Å². The molecule has 2 atom stereocenters. The van der Waals surface area contributed by atoms with E-state index in [9.17, 15) is 4.79 Å². The number of nitrogens with zero attached hydrogens (tertiary/aromatic N) is 2. The number of guanidine groups is 1. The quantitative estimate of drug-likeness (QED) is 0.430. The molecule has 6 nitrogen and oxygen atoms in total. The van der Waals surface area contributed by atoms with Gasteiger partial charge in [-0.2, -0.15) is 0 Å². The number of aliphatic imine (C=N–C) groups is 1. The normalized spacial score (nSPS) is 15.9. The zero-order chi connectivity index (χ0) is 20.6. The first-order valence-electron chi connectivity index (χ1n) is 10.1. The summed E-state index contributed by atoms with van der Waals surface area (Å²) in [5.74, 6) is 1.89. The van der Waals surface area contributed by atoms with Crippen molar-refractivity contribution >= 4 is 17.6 Å². The lowest BCUT2D eigenvalue weighted by molar-refractivity contribution is -0.121. The van der Waals surface area contributed by atoms with Crippen LogP contribution in [-0.2, 0) is 4.79 Å². The molecule has 0 aromatic heterocycles. The zero-order valence-corrected chi connectivity index (χ0v) is 17.4. The van der Waals surface area contributed by atoms with Gasteiger partial charge < -0.3 is 20.3 Å². The Morgan fingerprint density at radius 1 is 1.14 bits per heavy atom. The highest BCUT2D eigenvalue weighted by Gasteiger charge is 2.24. The highest BCUT2D eigenvalue weighted by molar-refractivity contribution is 5.97. The molecule has 1 amide bonds. The number of benzene rings is 2. The van der Waals surface area contributed by atoms with E-state index in [1.807, 2.05) is 30.3 Å². The molecular weight excluding hydrogens is 364 g/mol. The van der Waals surface area contributed by atoms with Gasteiger partial charge in [0, 0.05) is 32.1 Å². The van der Waals surface area contributed by atoms with Gasteiger partial charge in [-0.1, -0.05) is 49.4 Å². The van der Waals surface area contributed by atoms with Crippen LogP contribution in [0.15, 0.2) is 59.6 Å². The van der Waals surface area contributed by atoms with Crippen molar-refractivity contribution in [2.75, 3.05) is 31.6 Å². The maximum Gasteiger partial charge on any atom is 0.265 e. The fraction of sp³-hybridized carbons (Fsp3) is 0.391. The van der Waals surface area contributed by atoms with Crippen molar-refractivity contribution < 1.29 is 9.53 Å². The number of amides is 1. The summed E-state index contributed by atoms with van der Waals surface area (Å²) in [6, 6.07) is 18.4. The van der Waals surface area contributed by atoms with Crippen molar-refractivity contribution in [1.29, 1.82) is 0 Å². The Kier molecular flexibility index (Phi) is 7.11. The van der Waals surface area contributed by atoms with Gasteiger partial charge in [0.25, 0.3) is 5.91 Å². The van der Waals surface area contributed by atoms with Crippen molar-refractivity contribution in [2.24, 2.45) is 4.99 Å². The van der Waals surface area contributed by atoms with Gasteiger partial charge in [0.05, 0.1) is 5.69 Å². The second kappa shape index (κ2) is 9.96. The summed E-state index contributed by atoms with van der Waals surface area (Å²) >= 11 is 0. The summed E-state index contributed by atoms with van der Waals surface area (Å²) in [5, 5.41) is 6.82. The first-order valence-corrected chi connectivity index (χ1v) is 10.1. The minimum absolute atomic E-state index is 0.00323. The lowest BCUT2D eigenvalue weighted by Gasteiger charge is -2.29. The predicted molar refractivity (Wildman–Crippen MR) is 118 cm³/mol. The summed E-state index contributed by atoms with van der Waals surface area (Å²) in [6.45, 7) is 5.83. The smallest absolute Gasteiger partial charge is 0.265 e. The molecule has 1 aliphatic rings. The van der Waals surface area contributed by atoms with Crippen LogP contribution in [0.1, 0.15) is 31.7 Å². The van der Waals surface area contributed by atoms with Crippen LogP contribution >= 0.6 is 0 Å². The number of hydrogen-bond acceptors (Lipinski definition) is 3. The lowest BCUT2D eigenvalue weighted by atomic mass is 9.94. The fourth-order valence-electron chi connectivity index (χ4n) is 3.42. The molecule has 0 saturated heterocycles. The van der Waals surface area contributed by atoms with Crippen molar-refractivity contribution in [2.45, 2.75) is 32.2 Å². The topological polar surface area (TPSA) is 66.0 Å². The third-order valence-electron chi connectivity index (χ3n) is 5.32. The summed E-state index contributed by atoms with van der Waals surface area (Å²) in [5.41, 5.74) is 2.14. The minimum Gasteiger partial charge on any atom is -0.482 e. The Bertz CT molecular complexity index is 838. The Morgan fingerprint density at radius 2 is 1.86 bits per heavy atom. The van der Waals surface area contributed by atoms with Crippen molar-refractivity contribution in [1.82, 2.24) is 10.6 Å². The van der Waals surface area contributed by atoms with Crippen LogP contribution in [0.25, 0.3) is 0 Å². The maximum absolute atomic E-state index is 12.2. The van der Waals surface area contributed by atoms with Gasteiger partial charge in [0.2, 0.25) is 0 Å². The average molecular weight is 395 g/mol. The molecule has 2 N–H and O–H groups in total. The summed E-state index contributed by atoms with van der Waals surface area (Å²) in [4.78, 5) is 18.4. The number of hydrogen-bond donors (Lipinski definition) is 2. The van der Waals surface area contributed by atoms with Gasteiger partial charge in [-0.05, 0) is 31.0 Å². The number of carbonyl (C=O) groups excluding carboxylic acids is 1. The Labute approximate surface area is 173 Å². The van der Waals surface area contributed by atoms with Gasteiger partial charge in [0.1, 0.15) is 5.75 Å². The molecule has 2 aromatic rings. The van der Waals surface area contributed by atoms with Gasteiger partial charge >= 0.3 is 0 Å². The second-order valence-corrected chi connectivity index (χ2v) is 7.29. The largest absolute Gasteiger partial charge is 0.482 e. The Morgan fingerprint density at radius 3 is 2.62 bits per heavy atom. The molecule has 2 aromatic carbocycles. The van der Waals surface area contributed by atoms with E-state index < -0.39 is 0 Å². The van der Waals surface area contributed by atoms with Crippen LogP contribution in [0.5, 0.6) is 5.75 Å². The number of ether oxygens (including phenoxy) is 1. The Hall–Kier alpha value is -3.02. The molecular formula is C23H30N4O2. The van der Waals surface area contributed by atoms with E-state index in [1.165, 1.54) is 5.56 Å². The van der Waals surface area contributed by atoms with E-state index in [0.717, 1.165) is 30.4 Å². The molecule has 29 heavy (non-hydrogen) atoms. The fourth-order valence-corrected chi connectivity index (χ4v) is 3.42. The van der Waals surface area contributed by atoms with Crippen LogP contribution < -0.4 is 20.3 Å². The zero-order valence-electron chi connectivity index (χ0n) is 17.4. The molecule has 0 radical (unpaired) electrons. The van der Waals surface area contributed by atoms with Crippen LogP contribution in [0.4, 0.5) is 5.69 Å². The highest BCUT2D eigenvalue weighted by atomic mass is 16.5. The molecule has 2 unspecified atom stereocenters. The standard InChI is InChI=1S/C23H30N4O2/c1-17(19-10-5-4-6-11-19)18(2)26-23(24-3)25-14-9-15-27-20-12-7-8-13-21(20)29-16-22(27)28/h4-8,10-13,17-18H,9,14-16H2,1-3H3,(H2,24,25,26). The SMILES string of the molecule is CN=C(NCCCN1C(=O)COc2ccccc21)NC(C)C(C)c1ccccc1. The van der Waals surface area contributed by atoms with E-state index in [0.29, 0.717) is 12.5 Å². The lowest BCUT2D eigenvalue weighted by Crippen LogP contribution is -2.45. The van der Waals surface area contributed by atoms with Crippen LogP contribution in [0.2, 0.25) is 0 Å². The summed E-state index contributed by atoms with van der Waals surface area (Å²) in [7, 11) is 1.77. The van der Waals surface area contributed by atoms with Gasteiger partial charge in [0.15, 0.2) is 12.6 Å². The molecule has 1 aliphatic heterocycles. The molecule has 0 fully saturated rings. The number of fused-ring (bicyclic) bond motifs is 1. The molecule has 6 heteroatoms. The molecule has 0 saturated carbocycles. The number of nitrogens with one attached hydrogen (secondary N) is 2. The minimum atomic E-state index is -0.00323. The first kappa shape index (κ1) is 20.7. The van der Waals surface area contributed by atoms with E-state index in [4.69, 9.17) is 4.74 Å². The molecule has 3 rings (SSSR count). The maximum atomic E-state index is 12.2. The first-order chi connectivity index (χ1) is 14.1. The highest BCUT2D eigenvalue weighted by Crippen LogP contribution is 2.31. The van der Waals surface area contributed by atoms with E-state index in [-0.39, 0.29) is 18.6 Å². The number of anilines is 1. The van der Waals surface area contributed by atoms with Gasteiger partial charge in [-0.15, -0.1) is 0 Å². The van der Waals surface area contributed by atoms with Crippen molar-refractivity contribution in [3.63, 3.8) is 0 Å². The Balaban J connectivity index is 1.47. The van der Waals surface area contributed by atoms with Crippen molar-refractivity contribution in [3.05, 3.63) is 60.2 Å². The number of rotatable bonds is 7. The van der Waals surface area contributed by atoms with E-state index in [1.54, 1.807) is 11.9 Å². The molecule has 0 spiro atoms. The third kappa shape index (κ3) is 5.28. The number of carbonyl (C=O) groups is 1. The van der Waals surface area contributed by atoms with Gasteiger partial charge in [-0.25, -0.2) is 0 Å². The predicted octanol–water partition coefficient (Wildman–Crippen LogP) is 3.16. The third-order valence-corrected chi connectivity index (χ3v) is 5.32. The molecule has 0 bridgehead atoms. The van der Waals surface area contributed by atoms with Crippen LogP contribution in [0, 0.1) is 0 Å². The molecule has 0 aliphatic carbocycles. The monoisotopic (exact) mass is 394 g/mol.